The maximum Gasteiger partial charge on any atom is 0.336 e. The second kappa shape index (κ2) is 8.04. The fraction of sp³-hybridized carbons (Fsp3) is 0.375. The molecular weight excluding hydrogens is 410 g/mol. The fourth-order valence-corrected chi connectivity index (χ4v) is 4.97. The third kappa shape index (κ3) is 4.06. The van der Waals surface area contributed by atoms with Gasteiger partial charge in [-0.1, -0.05) is 25.6 Å². The Morgan fingerprint density at radius 3 is 2.77 bits per heavy atom. The van der Waals surface area contributed by atoms with Crippen LogP contribution in [0.2, 0.25) is 0 Å². The first-order valence-corrected chi connectivity index (χ1v) is 11.6. The first kappa shape index (κ1) is 20.1. The molecule has 0 saturated heterocycles. The normalized spacial score (nSPS) is 14.1. The van der Waals surface area contributed by atoms with Gasteiger partial charge in [-0.05, 0) is 66.6 Å². The van der Waals surface area contributed by atoms with Gasteiger partial charge in [0, 0.05) is 23.1 Å². The molecule has 0 atom stereocenters. The van der Waals surface area contributed by atoms with E-state index in [1.54, 1.807) is 24.1 Å². The van der Waals surface area contributed by atoms with Crippen LogP contribution < -0.4 is 5.63 Å². The summed E-state index contributed by atoms with van der Waals surface area (Å²) in [6.45, 7) is 7.03. The Morgan fingerprint density at radius 2 is 2.06 bits per heavy atom. The summed E-state index contributed by atoms with van der Waals surface area (Å²) in [6, 6.07) is 9.61. The third-order valence-corrected chi connectivity index (χ3v) is 6.79. The van der Waals surface area contributed by atoms with Crippen LogP contribution >= 0.6 is 11.8 Å². The summed E-state index contributed by atoms with van der Waals surface area (Å²) in [5.41, 5.74) is 3.68. The molecule has 1 aromatic carbocycles. The molecule has 0 radical (unpaired) electrons. The molecule has 0 N–H and O–H groups in total. The van der Waals surface area contributed by atoms with Crippen LogP contribution in [-0.4, -0.2) is 14.8 Å². The number of thioether (sulfide) groups is 1. The van der Waals surface area contributed by atoms with Crippen LogP contribution in [0.3, 0.4) is 0 Å². The van der Waals surface area contributed by atoms with Crippen LogP contribution in [0.4, 0.5) is 0 Å². The maximum atomic E-state index is 12.2. The number of aromatic nitrogens is 3. The Bertz CT molecular complexity index is 1280. The minimum Gasteiger partial charge on any atom is -0.467 e. The van der Waals surface area contributed by atoms with Gasteiger partial charge in [0.2, 0.25) is 0 Å². The van der Waals surface area contributed by atoms with Gasteiger partial charge in [-0.2, -0.15) is 0 Å². The van der Waals surface area contributed by atoms with Crippen molar-refractivity contribution in [3.63, 3.8) is 0 Å². The molecule has 1 fully saturated rings. The Hall–Kier alpha value is -2.80. The summed E-state index contributed by atoms with van der Waals surface area (Å²) in [5.74, 6) is 3.40. The first-order chi connectivity index (χ1) is 15.0. The minimum atomic E-state index is -0.324. The van der Waals surface area contributed by atoms with Gasteiger partial charge >= 0.3 is 5.63 Å². The molecule has 4 aromatic rings. The molecule has 31 heavy (non-hydrogen) atoms. The zero-order valence-corrected chi connectivity index (χ0v) is 18.7. The summed E-state index contributed by atoms with van der Waals surface area (Å²) in [7, 11) is 0. The van der Waals surface area contributed by atoms with Gasteiger partial charge in [0.15, 0.2) is 5.16 Å². The van der Waals surface area contributed by atoms with Crippen molar-refractivity contribution < 1.29 is 8.83 Å². The van der Waals surface area contributed by atoms with Gasteiger partial charge in [0.05, 0.1) is 12.8 Å². The van der Waals surface area contributed by atoms with Crippen molar-refractivity contribution in [1.29, 1.82) is 0 Å². The highest BCUT2D eigenvalue weighted by atomic mass is 32.2. The molecule has 160 valence electrons. The number of hydrogen-bond donors (Lipinski definition) is 0. The van der Waals surface area contributed by atoms with Gasteiger partial charge in [-0.15, -0.1) is 10.2 Å². The van der Waals surface area contributed by atoms with Gasteiger partial charge in [0.25, 0.3) is 0 Å². The lowest BCUT2D eigenvalue weighted by Gasteiger charge is -2.13. The Morgan fingerprint density at radius 1 is 1.23 bits per heavy atom. The van der Waals surface area contributed by atoms with E-state index >= 15 is 0 Å². The van der Waals surface area contributed by atoms with E-state index in [1.807, 2.05) is 18.2 Å². The highest BCUT2D eigenvalue weighted by Gasteiger charge is 2.30. The van der Waals surface area contributed by atoms with Gasteiger partial charge in [-0.25, -0.2) is 4.79 Å². The molecule has 0 spiro atoms. The van der Waals surface area contributed by atoms with E-state index in [0.29, 0.717) is 29.7 Å². The van der Waals surface area contributed by atoms with Crippen LogP contribution in [0.15, 0.2) is 55.4 Å². The van der Waals surface area contributed by atoms with E-state index in [9.17, 15) is 4.79 Å². The van der Waals surface area contributed by atoms with Crippen molar-refractivity contribution in [2.45, 2.75) is 62.9 Å². The highest BCUT2D eigenvalue weighted by Crippen LogP contribution is 2.40. The van der Waals surface area contributed by atoms with E-state index in [-0.39, 0.29) is 5.63 Å². The first-order valence-electron chi connectivity index (χ1n) is 10.6. The predicted octanol–water partition coefficient (Wildman–Crippen LogP) is 5.63. The van der Waals surface area contributed by atoms with Crippen molar-refractivity contribution in [2.75, 3.05) is 0 Å². The molecule has 0 amide bonds. The molecule has 0 unspecified atom stereocenters. The molecule has 1 saturated carbocycles. The number of benzene rings is 1. The summed E-state index contributed by atoms with van der Waals surface area (Å²) in [4.78, 5) is 12.2. The molecule has 3 heterocycles. The smallest absolute Gasteiger partial charge is 0.336 e. The molecule has 1 aliphatic carbocycles. The predicted molar refractivity (Wildman–Crippen MR) is 121 cm³/mol. The molecule has 5 rings (SSSR count). The molecule has 0 bridgehead atoms. The van der Waals surface area contributed by atoms with E-state index in [1.165, 1.54) is 5.56 Å². The molecule has 7 heteroatoms. The molecular formula is C24H25N3O3S. The highest BCUT2D eigenvalue weighted by molar-refractivity contribution is 7.98. The third-order valence-electron chi connectivity index (χ3n) is 5.78. The topological polar surface area (TPSA) is 74.1 Å². The Kier molecular flexibility index (Phi) is 5.22. The van der Waals surface area contributed by atoms with Crippen LogP contribution in [0, 0.1) is 6.92 Å². The van der Waals surface area contributed by atoms with Crippen molar-refractivity contribution in [1.82, 2.24) is 14.8 Å². The average Bonchev–Trinajstić information content (AvgIpc) is 3.29. The zero-order chi connectivity index (χ0) is 21.5. The second-order valence-corrected chi connectivity index (χ2v) is 9.46. The van der Waals surface area contributed by atoms with E-state index in [2.05, 4.69) is 41.6 Å². The summed E-state index contributed by atoms with van der Waals surface area (Å²) in [5, 5.41) is 10.8. The van der Waals surface area contributed by atoms with Crippen LogP contribution in [-0.2, 0) is 12.3 Å². The maximum absolute atomic E-state index is 12.2. The van der Waals surface area contributed by atoms with Crippen molar-refractivity contribution in [2.24, 2.45) is 0 Å². The number of aryl methyl sites for hydroxylation is 1. The van der Waals surface area contributed by atoms with Crippen molar-refractivity contribution >= 4 is 22.7 Å². The van der Waals surface area contributed by atoms with Crippen LogP contribution in [0.1, 0.15) is 66.8 Å². The van der Waals surface area contributed by atoms with Gasteiger partial charge in [0.1, 0.15) is 17.2 Å². The largest absolute Gasteiger partial charge is 0.467 e. The number of furan rings is 1. The summed E-state index contributed by atoms with van der Waals surface area (Å²) < 4.78 is 13.2. The van der Waals surface area contributed by atoms with Gasteiger partial charge < -0.3 is 8.83 Å². The molecule has 1 aliphatic rings. The van der Waals surface area contributed by atoms with Crippen LogP contribution in [0.5, 0.6) is 0 Å². The minimum absolute atomic E-state index is 0.324. The van der Waals surface area contributed by atoms with E-state index in [4.69, 9.17) is 8.83 Å². The lowest BCUT2D eigenvalue weighted by atomic mass is 9.95. The van der Waals surface area contributed by atoms with Crippen molar-refractivity contribution in [3.05, 3.63) is 75.3 Å². The monoisotopic (exact) mass is 435 g/mol. The lowest BCUT2D eigenvalue weighted by Crippen LogP contribution is -2.06. The van der Waals surface area contributed by atoms with Crippen molar-refractivity contribution in [3.8, 4) is 0 Å². The Labute approximate surface area is 184 Å². The standard InChI is InChI=1S/C24H25N3O3S/c1-14(2)19-11-20-17(10-22(28)30-21(20)9-15(19)3)13-31-24-26-25-23(16-6-7-16)27(24)12-18-5-4-8-29-18/h4-5,8-11,14,16H,6-7,12-13H2,1-3H3. The number of rotatable bonds is 7. The quantitative estimate of drug-likeness (QED) is 0.277. The van der Waals surface area contributed by atoms with Crippen LogP contribution in [0.25, 0.3) is 11.0 Å². The number of fused-ring (bicyclic) bond motifs is 1. The number of nitrogens with zero attached hydrogens (tertiary/aromatic N) is 3. The summed E-state index contributed by atoms with van der Waals surface area (Å²) >= 11 is 1.60. The SMILES string of the molecule is Cc1cc2oc(=O)cc(CSc3nnc(C4CC4)n3Cc3ccco3)c2cc1C(C)C. The molecule has 6 nitrogen and oxygen atoms in total. The molecule has 3 aromatic heterocycles. The second-order valence-electron chi connectivity index (χ2n) is 8.52. The fourth-order valence-electron chi connectivity index (χ4n) is 4.03. The van der Waals surface area contributed by atoms with E-state index < -0.39 is 0 Å². The molecule has 0 aliphatic heterocycles. The Balaban J connectivity index is 1.48. The lowest BCUT2D eigenvalue weighted by molar-refractivity contribution is 0.478. The van der Waals surface area contributed by atoms with Gasteiger partial charge in [-0.3, -0.25) is 4.57 Å². The average molecular weight is 436 g/mol. The zero-order valence-electron chi connectivity index (χ0n) is 17.9. The summed E-state index contributed by atoms with van der Waals surface area (Å²) in [6.07, 6.45) is 4.00. The van der Waals surface area contributed by atoms with E-state index in [0.717, 1.165) is 46.1 Å². The number of hydrogen-bond acceptors (Lipinski definition) is 6.